The predicted octanol–water partition coefficient (Wildman–Crippen LogP) is 2.75. The summed E-state index contributed by atoms with van der Waals surface area (Å²) in [5.41, 5.74) is 0.907. The first-order valence-electron chi connectivity index (χ1n) is 6.49. The van der Waals surface area contributed by atoms with Crippen LogP contribution in [0.4, 0.5) is 5.69 Å². The van der Waals surface area contributed by atoms with Crippen LogP contribution >= 0.6 is 12.2 Å². The minimum absolute atomic E-state index is 0.324. The van der Waals surface area contributed by atoms with Crippen LogP contribution in [0.5, 0.6) is 5.75 Å². The lowest BCUT2D eigenvalue weighted by atomic mass is 10.2. The van der Waals surface area contributed by atoms with Crippen LogP contribution in [0.25, 0.3) is 0 Å². The van der Waals surface area contributed by atoms with E-state index in [1.165, 1.54) is 0 Å². The molecule has 1 aromatic heterocycles. The average Bonchev–Trinajstić information content (AvgIpc) is 2.83. The molecule has 0 bridgehead atoms. The van der Waals surface area contributed by atoms with Crippen molar-refractivity contribution in [3.05, 3.63) is 41.1 Å². The molecular formula is C14H18N2O3S. The predicted molar refractivity (Wildman–Crippen MR) is 79.7 cm³/mol. The number of ether oxygens (including phenoxy) is 1. The largest absolute Gasteiger partial charge is 0.494 e. The summed E-state index contributed by atoms with van der Waals surface area (Å²) in [7, 11) is 0. The van der Waals surface area contributed by atoms with Crippen molar-refractivity contribution >= 4 is 17.9 Å². The number of nitrogens with one attached hydrogen (secondary N) is 2. The zero-order chi connectivity index (χ0) is 14.4. The standard InChI is InChI=1S/C14H18N2O3S/c1-2-18-12-5-3-4-10(6-12)15-8-11(17)7-13-9-16-14(20)19-13/h3-6,9,11,15,17H,2,7-8H2,1H3,(H,16,20). The normalized spacial score (nSPS) is 12.1. The quantitative estimate of drug-likeness (QED) is 0.685. The molecule has 0 spiro atoms. The molecule has 0 radical (unpaired) electrons. The van der Waals surface area contributed by atoms with E-state index in [0.29, 0.717) is 30.2 Å². The molecule has 0 fully saturated rings. The van der Waals surface area contributed by atoms with Gasteiger partial charge in [-0.3, -0.25) is 0 Å². The first-order valence-corrected chi connectivity index (χ1v) is 6.90. The van der Waals surface area contributed by atoms with Gasteiger partial charge in [-0.2, -0.15) is 0 Å². The van der Waals surface area contributed by atoms with E-state index in [0.717, 1.165) is 11.4 Å². The Balaban J connectivity index is 1.84. The molecule has 5 nitrogen and oxygen atoms in total. The molecule has 0 aliphatic carbocycles. The van der Waals surface area contributed by atoms with Crippen LogP contribution in [0.15, 0.2) is 34.9 Å². The fraction of sp³-hybridized carbons (Fsp3) is 0.357. The highest BCUT2D eigenvalue weighted by Crippen LogP contribution is 2.17. The average molecular weight is 294 g/mol. The molecule has 108 valence electrons. The van der Waals surface area contributed by atoms with Gasteiger partial charge in [0, 0.05) is 30.9 Å². The zero-order valence-corrected chi connectivity index (χ0v) is 12.1. The van der Waals surface area contributed by atoms with Gasteiger partial charge in [0.25, 0.3) is 4.84 Å². The molecule has 1 aromatic carbocycles. The maximum atomic E-state index is 9.94. The Morgan fingerprint density at radius 1 is 1.50 bits per heavy atom. The molecule has 6 heteroatoms. The van der Waals surface area contributed by atoms with Crippen molar-refractivity contribution in [2.45, 2.75) is 19.4 Å². The Labute approximate surface area is 122 Å². The second-order valence-corrected chi connectivity index (χ2v) is 4.71. The molecule has 20 heavy (non-hydrogen) atoms. The van der Waals surface area contributed by atoms with Crippen LogP contribution < -0.4 is 10.1 Å². The maximum absolute atomic E-state index is 9.94. The van der Waals surface area contributed by atoms with Crippen LogP contribution in [0.3, 0.4) is 0 Å². The van der Waals surface area contributed by atoms with Gasteiger partial charge in [-0.25, -0.2) is 0 Å². The number of anilines is 1. The molecule has 1 heterocycles. The summed E-state index contributed by atoms with van der Waals surface area (Å²) >= 11 is 4.83. The Morgan fingerprint density at radius 3 is 3.05 bits per heavy atom. The summed E-state index contributed by atoms with van der Waals surface area (Å²) in [6, 6.07) is 7.63. The summed E-state index contributed by atoms with van der Waals surface area (Å²) in [4.78, 5) is 3.09. The molecule has 3 N–H and O–H groups in total. The monoisotopic (exact) mass is 294 g/mol. The number of aliphatic hydroxyl groups excluding tert-OH is 1. The second kappa shape index (κ2) is 7.12. The number of aliphatic hydroxyl groups is 1. The minimum Gasteiger partial charge on any atom is -0.494 e. The molecule has 0 aliphatic heterocycles. The van der Waals surface area contributed by atoms with E-state index in [4.69, 9.17) is 21.4 Å². The summed E-state index contributed by atoms with van der Waals surface area (Å²) in [6.07, 6.45) is 1.52. The van der Waals surface area contributed by atoms with E-state index < -0.39 is 6.10 Å². The number of benzene rings is 1. The van der Waals surface area contributed by atoms with Crippen LogP contribution in [0.2, 0.25) is 0 Å². The van der Waals surface area contributed by atoms with Gasteiger partial charge in [0.15, 0.2) is 0 Å². The molecule has 0 saturated carbocycles. The number of oxazole rings is 1. The van der Waals surface area contributed by atoms with Crippen LogP contribution in [0.1, 0.15) is 12.7 Å². The lowest BCUT2D eigenvalue weighted by Gasteiger charge is -2.12. The molecule has 0 aliphatic rings. The summed E-state index contributed by atoms with van der Waals surface area (Å²) < 4.78 is 10.6. The summed E-state index contributed by atoms with van der Waals surface area (Å²) in [5.74, 6) is 1.45. The highest BCUT2D eigenvalue weighted by atomic mass is 32.1. The third-order valence-electron chi connectivity index (χ3n) is 2.70. The highest BCUT2D eigenvalue weighted by molar-refractivity contribution is 7.71. The van der Waals surface area contributed by atoms with Gasteiger partial charge in [0.1, 0.15) is 11.5 Å². The fourth-order valence-electron chi connectivity index (χ4n) is 1.82. The van der Waals surface area contributed by atoms with E-state index in [-0.39, 0.29) is 0 Å². The SMILES string of the molecule is CCOc1cccc(NCC(O)Cc2c[nH]c(=S)o2)c1. The topological polar surface area (TPSA) is 70.4 Å². The molecule has 0 amide bonds. The smallest absolute Gasteiger partial charge is 0.266 e. The van der Waals surface area contributed by atoms with Crippen molar-refractivity contribution in [2.75, 3.05) is 18.5 Å². The fourth-order valence-corrected chi connectivity index (χ4v) is 1.99. The van der Waals surface area contributed by atoms with Gasteiger partial charge in [-0.1, -0.05) is 6.07 Å². The maximum Gasteiger partial charge on any atom is 0.266 e. The number of aromatic amines is 1. The number of rotatable bonds is 7. The number of hydrogen-bond donors (Lipinski definition) is 3. The molecule has 1 unspecified atom stereocenters. The Kier molecular flexibility index (Phi) is 5.20. The van der Waals surface area contributed by atoms with Crippen molar-refractivity contribution < 1.29 is 14.3 Å². The zero-order valence-electron chi connectivity index (χ0n) is 11.3. The highest BCUT2D eigenvalue weighted by Gasteiger charge is 2.08. The lowest BCUT2D eigenvalue weighted by molar-refractivity contribution is 0.180. The molecule has 0 saturated heterocycles. The van der Waals surface area contributed by atoms with Crippen molar-refractivity contribution in [1.82, 2.24) is 4.98 Å². The van der Waals surface area contributed by atoms with Gasteiger partial charge in [-0.05, 0) is 31.3 Å². The third-order valence-corrected chi connectivity index (χ3v) is 2.90. The first kappa shape index (κ1) is 14.6. The molecule has 2 aromatic rings. The number of hydrogen-bond acceptors (Lipinski definition) is 5. The second-order valence-electron chi connectivity index (χ2n) is 4.34. The number of H-pyrrole nitrogens is 1. The molecule has 2 rings (SSSR count). The Morgan fingerprint density at radius 2 is 2.35 bits per heavy atom. The van der Waals surface area contributed by atoms with Crippen LogP contribution in [-0.4, -0.2) is 29.3 Å². The lowest BCUT2D eigenvalue weighted by Crippen LogP contribution is -2.21. The van der Waals surface area contributed by atoms with Crippen molar-refractivity contribution in [1.29, 1.82) is 0 Å². The Bertz CT molecular complexity index is 594. The van der Waals surface area contributed by atoms with Gasteiger partial charge in [-0.15, -0.1) is 0 Å². The van der Waals surface area contributed by atoms with E-state index in [1.807, 2.05) is 31.2 Å². The minimum atomic E-state index is -0.556. The first-order chi connectivity index (χ1) is 9.67. The van der Waals surface area contributed by atoms with Crippen molar-refractivity contribution in [3.8, 4) is 5.75 Å². The number of aromatic nitrogens is 1. The van der Waals surface area contributed by atoms with E-state index in [9.17, 15) is 5.11 Å². The van der Waals surface area contributed by atoms with Crippen molar-refractivity contribution in [3.63, 3.8) is 0 Å². The third kappa shape index (κ3) is 4.40. The summed E-state index contributed by atoms with van der Waals surface area (Å²) in [5, 5.41) is 13.1. The van der Waals surface area contributed by atoms with Crippen LogP contribution in [0, 0.1) is 4.84 Å². The summed E-state index contributed by atoms with van der Waals surface area (Å²) in [6.45, 7) is 2.99. The van der Waals surface area contributed by atoms with Gasteiger partial charge >= 0.3 is 0 Å². The van der Waals surface area contributed by atoms with Crippen LogP contribution in [-0.2, 0) is 6.42 Å². The van der Waals surface area contributed by atoms with Gasteiger partial charge in [0.05, 0.1) is 12.7 Å². The van der Waals surface area contributed by atoms with Crippen molar-refractivity contribution in [2.24, 2.45) is 0 Å². The Hall–Kier alpha value is -1.79. The van der Waals surface area contributed by atoms with Gasteiger partial charge in [0.2, 0.25) is 0 Å². The van der Waals surface area contributed by atoms with E-state index in [2.05, 4.69) is 10.3 Å². The molecule has 1 atom stereocenters. The van der Waals surface area contributed by atoms with E-state index in [1.54, 1.807) is 6.20 Å². The van der Waals surface area contributed by atoms with Gasteiger partial charge < -0.3 is 24.6 Å². The van der Waals surface area contributed by atoms with E-state index >= 15 is 0 Å². The molecular weight excluding hydrogens is 276 g/mol.